The molecule has 0 aliphatic rings. The van der Waals surface area contributed by atoms with Gasteiger partial charge in [0.05, 0.1) is 18.4 Å². The van der Waals surface area contributed by atoms with Gasteiger partial charge >= 0.3 is 0 Å². The van der Waals surface area contributed by atoms with Crippen LogP contribution in [0.5, 0.6) is 0 Å². The fourth-order valence-corrected chi connectivity index (χ4v) is 1.63. The molecule has 0 fully saturated rings. The molecule has 2 rings (SSSR count). The highest BCUT2D eigenvalue weighted by molar-refractivity contribution is 6.33. The predicted molar refractivity (Wildman–Crippen MR) is 68.4 cm³/mol. The maximum Gasteiger partial charge on any atom is 0.224 e. The molecule has 6 heteroatoms. The van der Waals surface area contributed by atoms with Gasteiger partial charge in [-0.2, -0.15) is 4.98 Å². The number of aromatic nitrogens is 3. The summed E-state index contributed by atoms with van der Waals surface area (Å²) in [5, 5.41) is 3.66. The van der Waals surface area contributed by atoms with E-state index in [1.807, 2.05) is 25.1 Å². The lowest BCUT2D eigenvalue weighted by molar-refractivity contribution is 0.998. The lowest BCUT2D eigenvalue weighted by Crippen LogP contribution is -2.04. The first-order chi connectivity index (χ1) is 8.15. The van der Waals surface area contributed by atoms with Gasteiger partial charge in [-0.15, -0.1) is 0 Å². The third-order valence-corrected chi connectivity index (χ3v) is 2.56. The number of aryl methyl sites for hydroxylation is 1. The number of hydrogen-bond donors (Lipinski definition) is 1. The van der Waals surface area contributed by atoms with Crippen molar-refractivity contribution < 1.29 is 0 Å². The molecule has 0 radical (unpaired) electrons. The van der Waals surface area contributed by atoms with Gasteiger partial charge in [-0.1, -0.05) is 17.7 Å². The number of nitrogens with zero attached hydrogens (tertiary/aromatic N) is 3. The fourth-order valence-electron chi connectivity index (χ4n) is 1.34. The van der Waals surface area contributed by atoms with Crippen molar-refractivity contribution in [3.63, 3.8) is 0 Å². The largest absolute Gasteiger partial charge is 0.363 e. The highest BCUT2D eigenvalue weighted by Crippen LogP contribution is 2.19. The first kappa shape index (κ1) is 12.1. The van der Waals surface area contributed by atoms with Crippen LogP contribution in [0.4, 0.5) is 5.82 Å². The summed E-state index contributed by atoms with van der Waals surface area (Å²) in [5.41, 5.74) is 1.88. The lowest BCUT2D eigenvalue weighted by atomic mass is 10.3. The van der Waals surface area contributed by atoms with Gasteiger partial charge in [0.1, 0.15) is 10.8 Å². The molecule has 0 amide bonds. The Labute approximate surface area is 109 Å². The summed E-state index contributed by atoms with van der Waals surface area (Å²) in [7, 11) is 0. The standard InChI is InChI=1S/C11H10Cl2N4/c1-7-3-2-4-8(16-7)5-14-10-9(12)6-15-11(13)17-10/h2-4,6H,5H2,1H3,(H,14,15,17). The van der Waals surface area contributed by atoms with E-state index < -0.39 is 0 Å². The molecular formula is C11H10Cl2N4. The van der Waals surface area contributed by atoms with Crippen LogP contribution in [-0.2, 0) is 6.54 Å². The van der Waals surface area contributed by atoms with Crippen LogP contribution in [0.3, 0.4) is 0 Å². The minimum absolute atomic E-state index is 0.161. The van der Waals surface area contributed by atoms with Gasteiger partial charge in [0, 0.05) is 5.69 Å². The van der Waals surface area contributed by atoms with Crippen molar-refractivity contribution in [2.45, 2.75) is 13.5 Å². The van der Waals surface area contributed by atoms with E-state index in [4.69, 9.17) is 23.2 Å². The summed E-state index contributed by atoms with van der Waals surface area (Å²) in [4.78, 5) is 12.1. The van der Waals surface area contributed by atoms with Crippen LogP contribution in [0.1, 0.15) is 11.4 Å². The van der Waals surface area contributed by atoms with Crippen molar-refractivity contribution in [3.05, 3.63) is 46.1 Å². The van der Waals surface area contributed by atoms with Crippen LogP contribution < -0.4 is 5.32 Å². The maximum absolute atomic E-state index is 5.93. The number of halogens is 2. The lowest BCUT2D eigenvalue weighted by Gasteiger charge is -2.07. The molecule has 4 nitrogen and oxygen atoms in total. The fraction of sp³-hybridized carbons (Fsp3) is 0.182. The zero-order chi connectivity index (χ0) is 12.3. The minimum atomic E-state index is 0.161. The Balaban J connectivity index is 2.09. The highest BCUT2D eigenvalue weighted by atomic mass is 35.5. The van der Waals surface area contributed by atoms with Gasteiger partial charge in [-0.3, -0.25) is 4.98 Å². The average Bonchev–Trinajstić information content (AvgIpc) is 2.30. The summed E-state index contributed by atoms with van der Waals surface area (Å²) in [6.45, 7) is 2.48. The molecule has 0 saturated heterocycles. The van der Waals surface area contributed by atoms with Crippen molar-refractivity contribution in [2.75, 3.05) is 5.32 Å². The minimum Gasteiger partial charge on any atom is -0.363 e. The Morgan fingerprint density at radius 1 is 1.24 bits per heavy atom. The Morgan fingerprint density at radius 3 is 2.82 bits per heavy atom. The van der Waals surface area contributed by atoms with Gasteiger partial charge in [-0.05, 0) is 30.7 Å². The van der Waals surface area contributed by atoms with Crippen molar-refractivity contribution >= 4 is 29.0 Å². The first-order valence-corrected chi connectivity index (χ1v) is 5.75. The second kappa shape index (κ2) is 5.29. The summed E-state index contributed by atoms with van der Waals surface area (Å²) >= 11 is 11.6. The summed E-state index contributed by atoms with van der Waals surface area (Å²) in [6.07, 6.45) is 1.46. The molecule has 2 heterocycles. The zero-order valence-corrected chi connectivity index (χ0v) is 10.6. The monoisotopic (exact) mass is 268 g/mol. The molecule has 2 aromatic rings. The smallest absolute Gasteiger partial charge is 0.224 e. The Hall–Kier alpha value is -1.39. The first-order valence-electron chi connectivity index (χ1n) is 4.99. The maximum atomic E-state index is 5.93. The van der Waals surface area contributed by atoms with Crippen LogP contribution in [0.25, 0.3) is 0 Å². The van der Waals surface area contributed by atoms with E-state index in [1.165, 1.54) is 6.20 Å². The van der Waals surface area contributed by atoms with E-state index in [1.54, 1.807) is 0 Å². The molecular weight excluding hydrogens is 259 g/mol. The average molecular weight is 269 g/mol. The normalized spacial score (nSPS) is 10.3. The topological polar surface area (TPSA) is 50.7 Å². The van der Waals surface area contributed by atoms with E-state index in [0.29, 0.717) is 17.4 Å². The van der Waals surface area contributed by atoms with Crippen molar-refractivity contribution in [3.8, 4) is 0 Å². The van der Waals surface area contributed by atoms with E-state index in [2.05, 4.69) is 20.3 Å². The molecule has 1 N–H and O–H groups in total. The van der Waals surface area contributed by atoms with Crippen LogP contribution in [0.15, 0.2) is 24.4 Å². The third-order valence-electron chi connectivity index (χ3n) is 2.10. The predicted octanol–water partition coefficient (Wildman–Crippen LogP) is 3.10. The molecule has 0 spiro atoms. The Bertz CT molecular complexity index is 531. The van der Waals surface area contributed by atoms with Crippen LogP contribution >= 0.6 is 23.2 Å². The van der Waals surface area contributed by atoms with Crippen molar-refractivity contribution in [1.29, 1.82) is 0 Å². The SMILES string of the molecule is Cc1cccc(CNc2nc(Cl)ncc2Cl)n1. The molecule has 0 aliphatic heterocycles. The number of rotatable bonds is 3. The van der Waals surface area contributed by atoms with Crippen LogP contribution in [0, 0.1) is 6.92 Å². The van der Waals surface area contributed by atoms with E-state index >= 15 is 0 Å². The van der Waals surface area contributed by atoms with Gasteiger partial charge in [0.15, 0.2) is 0 Å². The van der Waals surface area contributed by atoms with Crippen molar-refractivity contribution in [2.24, 2.45) is 0 Å². The van der Waals surface area contributed by atoms with Gasteiger partial charge in [0.2, 0.25) is 5.28 Å². The zero-order valence-electron chi connectivity index (χ0n) is 9.11. The van der Waals surface area contributed by atoms with E-state index in [0.717, 1.165) is 11.4 Å². The second-order valence-corrected chi connectivity index (χ2v) is 4.20. The van der Waals surface area contributed by atoms with Crippen LogP contribution in [-0.4, -0.2) is 15.0 Å². The van der Waals surface area contributed by atoms with Gasteiger partial charge in [0.25, 0.3) is 0 Å². The van der Waals surface area contributed by atoms with Gasteiger partial charge in [-0.25, -0.2) is 4.98 Å². The Kier molecular flexibility index (Phi) is 3.76. The molecule has 2 aromatic heterocycles. The molecule has 0 aromatic carbocycles. The highest BCUT2D eigenvalue weighted by Gasteiger charge is 2.04. The quantitative estimate of drug-likeness (QED) is 0.870. The number of nitrogens with one attached hydrogen (secondary N) is 1. The number of hydrogen-bond acceptors (Lipinski definition) is 4. The van der Waals surface area contributed by atoms with Crippen LogP contribution in [0.2, 0.25) is 10.3 Å². The molecule has 88 valence electrons. The molecule has 0 atom stereocenters. The van der Waals surface area contributed by atoms with Crippen molar-refractivity contribution in [1.82, 2.24) is 15.0 Å². The molecule has 0 aliphatic carbocycles. The molecule has 0 bridgehead atoms. The number of anilines is 1. The Morgan fingerprint density at radius 2 is 2.06 bits per heavy atom. The van der Waals surface area contributed by atoms with E-state index in [-0.39, 0.29) is 5.28 Å². The summed E-state index contributed by atoms with van der Waals surface area (Å²) in [5.74, 6) is 0.509. The van der Waals surface area contributed by atoms with E-state index in [9.17, 15) is 0 Å². The second-order valence-electron chi connectivity index (χ2n) is 3.46. The molecule has 0 saturated carbocycles. The third kappa shape index (κ3) is 3.28. The molecule has 0 unspecified atom stereocenters. The summed E-state index contributed by atoms with van der Waals surface area (Å²) < 4.78 is 0. The molecule has 17 heavy (non-hydrogen) atoms. The number of pyridine rings is 1. The summed E-state index contributed by atoms with van der Waals surface area (Å²) in [6, 6.07) is 5.82. The van der Waals surface area contributed by atoms with Gasteiger partial charge < -0.3 is 5.32 Å².